The van der Waals surface area contributed by atoms with Gasteiger partial charge in [0.05, 0.1) is 0 Å². The van der Waals surface area contributed by atoms with Crippen LogP contribution in [0, 0.1) is 15.5 Å². The first-order chi connectivity index (χ1) is 7.04. The zero-order valence-electron chi connectivity index (χ0n) is 8.25. The van der Waals surface area contributed by atoms with Crippen LogP contribution in [0.2, 0.25) is 0 Å². The molecule has 0 amide bonds. The van der Waals surface area contributed by atoms with E-state index in [2.05, 4.69) is 4.98 Å². The quantitative estimate of drug-likeness (QED) is 0.330. The molecule has 1 rings (SSSR count). The van der Waals surface area contributed by atoms with Crippen LogP contribution in [0.15, 0.2) is 24.5 Å². The Morgan fingerprint density at radius 3 is 2.87 bits per heavy atom. The van der Waals surface area contributed by atoms with E-state index in [1.165, 1.54) is 0 Å². The molecule has 1 aromatic heterocycles. The number of nitrogens with one attached hydrogen (secondary N) is 1. The van der Waals surface area contributed by atoms with Crippen LogP contribution >= 0.6 is 0 Å². The topological polar surface area (TPSA) is 106 Å². The highest BCUT2D eigenvalue weighted by molar-refractivity contribution is 5.91. The lowest BCUT2D eigenvalue weighted by atomic mass is 9.96. The first-order valence-electron chi connectivity index (χ1n) is 4.41. The molecule has 0 aliphatic heterocycles. The van der Waals surface area contributed by atoms with Crippen molar-refractivity contribution >= 4 is 5.71 Å². The average molecular weight is 208 g/mol. The van der Waals surface area contributed by atoms with Gasteiger partial charge in [-0.05, 0) is 11.6 Å². The molecule has 0 aliphatic rings. The molecular formula is C9H12N4O2. The van der Waals surface area contributed by atoms with Gasteiger partial charge in [0.15, 0.2) is 0 Å². The largest absolute Gasteiger partial charge is 0.302 e. The van der Waals surface area contributed by atoms with E-state index in [9.17, 15) is 10.1 Å². The zero-order chi connectivity index (χ0) is 11.4. The van der Waals surface area contributed by atoms with Crippen LogP contribution in [0.25, 0.3) is 0 Å². The summed E-state index contributed by atoms with van der Waals surface area (Å²) in [5.74, 6) is -0.390. The third-order valence-corrected chi connectivity index (χ3v) is 2.20. The molecule has 80 valence electrons. The van der Waals surface area contributed by atoms with Crippen LogP contribution in [0.1, 0.15) is 18.4 Å². The smallest absolute Gasteiger partial charge is 0.301 e. The van der Waals surface area contributed by atoms with Gasteiger partial charge < -0.3 is 5.41 Å². The van der Waals surface area contributed by atoms with Crippen molar-refractivity contribution in [1.29, 1.82) is 5.41 Å². The number of nitro groups is 1. The fourth-order valence-corrected chi connectivity index (χ4v) is 1.18. The second-order valence-electron chi connectivity index (χ2n) is 3.19. The van der Waals surface area contributed by atoms with Crippen molar-refractivity contribution in [3.63, 3.8) is 0 Å². The number of hydrogen-bond acceptors (Lipinski definition) is 5. The Balaban J connectivity index is 2.82. The van der Waals surface area contributed by atoms with Crippen LogP contribution < -0.4 is 5.73 Å². The summed E-state index contributed by atoms with van der Waals surface area (Å²) >= 11 is 0. The highest BCUT2D eigenvalue weighted by Gasteiger charge is 2.26. The molecule has 0 saturated heterocycles. The Labute approximate surface area is 86.8 Å². The normalized spacial score (nSPS) is 14.3. The minimum Gasteiger partial charge on any atom is -0.301 e. The number of nitrogens with two attached hydrogens (primary N) is 1. The molecule has 3 N–H and O–H groups in total. The molecule has 0 saturated carbocycles. The molecule has 0 aliphatic carbocycles. The Bertz CT molecular complexity index is 366. The summed E-state index contributed by atoms with van der Waals surface area (Å²) in [7, 11) is 0. The van der Waals surface area contributed by atoms with Gasteiger partial charge in [-0.1, -0.05) is 13.0 Å². The maximum absolute atomic E-state index is 10.4. The third kappa shape index (κ3) is 2.57. The summed E-state index contributed by atoms with van der Waals surface area (Å²) < 4.78 is 0. The Hall–Kier alpha value is -1.82. The molecule has 1 aromatic rings. The molecule has 1 heterocycles. The van der Waals surface area contributed by atoms with Gasteiger partial charge >= 0.3 is 6.17 Å². The number of hydrogen-bond donors (Lipinski definition) is 2. The molecule has 15 heavy (non-hydrogen) atoms. The molecule has 0 radical (unpaired) electrons. The Morgan fingerprint density at radius 2 is 2.40 bits per heavy atom. The van der Waals surface area contributed by atoms with Crippen molar-refractivity contribution in [1.82, 2.24) is 4.98 Å². The maximum atomic E-state index is 10.4. The van der Waals surface area contributed by atoms with Crippen molar-refractivity contribution < 1.29 is 4.92 Å². The van der Waals surface area contributed by atoms with E-state index >= 15 is 0 Å². The van der Waals surface area contributed by atoms with Gasteiger partial charge in [-0.2, -0.15) is 0 Å². The second kappa shape index (κ2) is 4.61. The second-order valence-corrected chi connectivity index (χ2v) is 3.19. The van der Waals surface area contributed by atoms with E-state index in [4.69, 9.17) is 11.1 Å². The van der Waals surface area contributed by atoms with Crippen LogP contribution in [-0.4, -0.2) is 21.8 Å². The average Bonchev–Trinajstić information content (AvgIpc) is 2.27. The Morgan fingerprint density at radius 1 is 1.73 bits per heavy atom. The molecule has 6 heteroatoms. The molecule has 2 unspecified atom stereocenters. The number of rotatable bonds is 4. The lowest BCUT2D eigenvalue weighted by Crippen LogP contribution is -2.40. The first kappa shape index (κ1) is 11.3. The minimum absolute atomic E-state index is 0.118. The predicted octanol–water partition coefficient (Wildman–Crippen LogP) is 0.766. The lowest BCUT2D eigenvalue weighted by Gasteiger charge is -2.13. The van der Waals surface area contributed by atoms with Gasteiger partial charge in [0, 0.05) is 23.2 Å². The van der Waals surface area contributed by atoms with E-state index < -0.39 is 11.1 Å². The molecule has 2 atom stereocenters. The van der Waals surface area contributed by atoms with Crippen molar-refractivity contribution in [2.75, 3.05) is 0 Å². The fourth-order valence-electron chi connectivity index (χ4n) is 1.18. The van der Waals surface area contributed by atoms with Crippen molar-refractivity contribution in [3.05, 3.63) is 40.2 Å². The first-order valence-corrected chi connectivity index (χ1v) is 4.41. The number of aromatic nitrogens is 1. The molecule has 0 fully saturated rings. The van der Waals surface area contributed by atoms with Crippen LogP contribution in [0.3, 0.4) is 0 Å². The summed E-state index contributed by atoms with van der Waals surface area (Å²) in [5, 5.41) is 18.0. The van der Waals surface area contributed by atoms with Crippen molar-refractivity contribution in [3.8, 4) is 0 Å². The van der Waals surface area contributed by atoms with Gasteiger partial charge in [-0.3, -0.25) is 20.8 Å². The minimum atomic E-state index is -1.44. The van der Waals surface area contributed by atoms with E-state index in [1.807, 2.05) is 0 Å². The summed E-state index contributed by atoms with van der Waals surface area (Å²) in [6.45, 7) is 1.70. The summed E-state index contributed by atoms with van der Waals surface area (Å²) in [6.07, 6.45) is 1.74. The maximum Gasteiger partial charge on any atom is 0.302 e. The summed E-state index contributed by atoms with van der Waals surface area (Å²) in [6, 6.07) is 3.48. The zero-order valence-corrected chi connectivity index (χ0v) is 8.25. The molecule has 0 bridgehead atoms. The van der Waals surface area contributed by atoms with Crippen LogP contribution in [-0.2, 0) is 0 Å². The van der Waals surface area contributed by atoms with Crippen molar-refractivity contribution in [2.24, 2.45) is 5.73 Å². The van der Waals surface area contributed by atoms with Gasteiger partial charge in [-0.25, -0.2) is 0 Å². The van der Waals surface area contributed by atoms with Gasteiger partial charge in [0.25, 0.3) is 0 Å². The van der Waals surface area contributed by atoms with E-state index in [0.29, 0.717) is 0 Å². The van der Waals surface area contributed by atoms with E-state index in [0.717, 1.165) is 5.56 Å². The highest BCUT2D eigenvalue weighted by Crippen LogP contribution is 2.16. The standard InChI is InChI=1S/C9H12N4O2/c1-6(7-3-2-4-12-5-7)8(10)9(11)13(14)15/h2-6,9-10H,11H2,1H3. The lowest BCUT2D eigenvalue weighted by molar-refractivity contribution is -0.502. The van der Waals surface area contributed by atoms with Crippen LogP contribution in [0.5, 0.6) is 0 Å². The fraction of sp³-hybridized carbons (Fsp3) is 0.333. The molecule has 0 spiro atoms. The number of pyridine rings is 1. The SMILES string of the molecule is CC(C(=N)C(N)[N+](=O)[O-])c1cccnc1. The van der Waals surface area contributed by atoms with Gasteiger partial charge in [0.1, 0.15) is 5.71 Å². The number of nitrogens with zero attached hydrogens (tertiary/aromatic N) is 2. The van der Waals surface area contributed by atoms with E-state index in [-0.39, 0.29) is 11.6 Å². The third-order valence-electron chi connectivity index (χ3n) is 2.20. The van der Waals surface area contributed by atoms with E-state index in [1.54, 1.807) is 31.5 Å². The van der Waals surface area contributed by atoms with Crippen LogP contribution in [0.4, 0.5) is 0 Å². The molecular weight excluding hydrogens is 196 g/mol. The molecule has 0 aromatic carbocycles. The van der Waals surface area contributed by atoms with Gasteiger partial charge in [0.2, 0.25) is 0 Å². The molecule has 6 nitrogen and oxygen atoms in total. The predicted molar refractivity (Wildman–Crippen MR) is 55.3 cm³/mol. The highest BCUT2D eigenvalue weighted by atomic mass is 16.6. The Kier molecular flexibility index (Phi) is 3.46. The van der Waals surface area contributed by atoms with Gasteiger partial charge in [-0.15, -0.1) is 0 Å². The summed E-state index contributed by atoms with van der Waals surface area (Å²) in [4.78, 5) is 13.6. The monoisotopic (exact) mass is 208 g/mol. The summed E-state index contributed by atoms with van der Waals surface area (Å²) in [5.41, 5.74) is 5.89. The van der Waals surface area contributed by atoms with Crippen molar-refractivity contribution in [2.45, 2.75) is 19.0 Å².